The van der Waals surface area contributed by atoms with Gasteiger partial charge in [0.2, 0.25) is 17.7 Å². The molecular weight excluding hydrogens is 329 g/mol. The smallest absolute Gasteiger partial charge is 0.245 e. The molecule has 6 nitrogen and oxygen atoms in total. The first-order chi connectivity index (χ1) is 10.2. The van der Waals surface area contributed by atoms with Crippen molar-refractivity contribution < 1.29 is 14.4 Å². The fourth-order valence-electron chi connectivity index (χ4n) is 1.76. The largest absolute Gasteiger partial charge is 0.345 e. The van der Waals surface area contributed by atoms with E-state index >= 15 is 0 Å². The van der Waals surface area contributed by atoms with Gasteiger partial charge in [-0.2, -0.15) is 0 Å². The normalized spacial score (nSPS) is 11.5. The van der Waals surface area contributed by atoms with Crippen molar-refractivity contribution in [2.24, 2.45) is 0 Å². The number of halogens is 2. The van der Waals surface area contributed by atoms with E-state index in [0.717, 1.165) is 0 Å². The van der Waals surface area contributed by atoms with Gasteiger partial charge < -0.3 is 15.5 Å². The van der Waals surface area contributed by atoms with Gasteiger partial charge in [0.1, 0.15) is 6.04 Å². The van der Waals surface area contributed by atoms with Gasteiger partial charge >= 0.3 is 0 Å². The Balaban J connectivity index is 2.58. The molecule has 3 amide bonds. The van der Waals surface area contributed by atoms with Gasteiger partial charge in [0.25, 0.3) is 0 Å². The predicted molar refractivity (Wildman–Crippen MR) is 86.0 cm³/mol. The standard InChI is InChI=1S/C14H17Cl2N3O3/c1-8(17-9(2)20)14(22)19(3)7-13(21)18-10-4-5-11(15)12(16)6-10/h4-6,8H,7H2,1-3H3,(H,17,20)(H,18,21). The van der Waals surface area contributed by atoms with E-state index in [1.165, 1.54) is 24.9 Å². The number of carbonyl (C=O) groups is 3. The molecule has 0 heterocycles. The van der Waals surface area contributed by atoms with Gasteiger partial charge in [-0.25, -0.2) is 0 Å². The summed E-state index contributed by atoms with van der Waals surface area (Å²) in [6, 6.07) is 3.99. The van der Waals surface area contributed by atoms with Gasteiger partial charge in [-0.15, -0.1) is 0 Å². The number of carbonyl (C=O) groups excluding carboxylic acids is 3. The van der Waals surface area contributed by atoms with Gasteiger partial charge in [-0.05, 0) is 25.1 Å². The molecule has 0 spiro atoms. The minimum absolute atomic E-state index is 0.150. The molecule has 120 valence electrons. The van der Waals surface area contributed by atoms with Crippen LogP contribution in [0.5, 0.6) is 0 Å². The number of hydrogen-bond acceptors (Lipinski definition) is 3. The minimum Gasteiger partial charge on any atom is -0.345 e. The van der Waals surface area contributed by atoms with E-state index in [-0.39, 0.29) is 24.3 Å². The van der Waals surface area contributed by atoms with Gasteiger partial charge in [0.15, 0.2) is 0 Å². The lowest BCUT2D eigenvalue weighted by Crippen LogP contribution is -2.46. The Morgan fingerprint density at radius 1 is 1.23 bits per heavy atom. The van der Waals surface area contributed by atoms with Crippen LogP contribution < -0.4 is 10.6 Å². The number of rotatable bonds is 5. The maximum absolute atomic E-state index is 12.0. The highest BCUT2D eigenvalue weighted by Gasteiger charge is 2.20. The van der Waals surface area contributed by atoms with E-state index in [2.05, 4.69) is 10.6 Å². The number of hydrogen-bond donors (Lipinski definition) is 2. The molecule has 0 saturated heterocycles. The second kappa shape index (κ2) is 8.00. The Labute approximate surface area is 138 Å². The van der Waals surface area contributed by atoms with Crippen molar-refractivity contribution in [2.75, 3.05) is 18.9 Å². The van der Waals surface area contributed by atoms with Crippen LogP contribution in [0.25, 0.3) is 0 Å². The third-order valence-corrected chi connectivity index (χ3v) is 3.49. The highest BCUT2D eigenvalue weighted by atomic mass is 35.5. The molecule has 0 radical (unpaired) electrons. The van der Waals surface area contributed by atoms with E-state index in [1.807, 2.05) is 0 Å². The highest BCUT2D eigenvalue weighted by Crippen LogP contribution is 2.24. The lowest BCUT2D eigenvalue weighted by Gasteiger charge is -2.21. The average Bonchev–Trinajstić information content (AvgIpc) is 2.41. The quantitative estimate of drug-likeness (QED) is 0.855. The van der Waals surface area contributed by atoms with Crippen LogP contribution in [0.1, 0.15) is 13.8 Å². The topological polar surface area (TPSA) is 78.5 Å². The summed E-state index contributed by atoms with van der Waals surface area (Å²) in [6.07, 6.45) is 0. The molecule has 1 unspecified atom stereocenters. The molecular formula is C14H17Cl2N3O3. The number of nitrogens with zero attached hydrogens (tertiary/aromatic N) is 1. The average molecular weight is 346 g/mol. The fraction of sp³-hybridized carbons (Fsp3) is 0.357. The van der Waals surface area contributed by atoms with E-state index in [9.17, 15) is 14.4 Å². The van der Waals surface area contributed by atoms with Crippen LogP contribution in [-0.2, 0) is 14.4 Å². The van der Waals surface area contributed by atoms with Crippen LogP contribution in [0, 0.1) is 0 Å². The SMILES string of the molecule is CC(=O)NC(C)C(=O)N(C)CC(=O)Nc1ccc(Cl)c(Cl)c1. The van der Waals surface area contributed by atoms with Crippen LogP contribution >= 0.6 is 23.2 Å². The van der Waals surface area contributed by atoms with E-state index < -0.39 is 6.04 Å². The molecule has 1 rings (SSSR count). The Bertz CT molecular complexity index is 593. The molecule has 0 aliphatic rings. The van der Waals surface area contributed by atoms with E-state index in [1.54, 1.807) is 19.1 Å². The first-order valence-corrected chi connectivity index (χ1v) is 7.23. The second-order valence-electron chi connectivity index (χ2n) is 4.79. The predicted octanol–water partition coefficient (Wildman–Crippen LogP) is 1.91. The van der Waals surface area contributed by atoms with Crippen LogP contribution in [0.15, 0.2) is 18.2 Å². The minimum atomic E-state index is -0.694. The summed E-state index contributed by atoms with van der Waals surface area (Å²) in [6.45, 7) is 2.72. The number of nitrogens with one attached hydrogen (secondary N) is 2. The number of anilines is 1. The van der Waals surface area contributed by atoms with Crippen molar-refractivity contribution in [3.05, 3.63) is 28.2 Å². The maximum Gasteiger partial charge on any atom is 0.245 e. The first kappa shape index (κ1) is 18.3. The van der Waals surface area contributed by atoms with Crippen molar-refractivity contribution in [3.8, 4) is 0 Å². The summed E-state index contributed by atoms with van der Waals surface area (Å²) in [5.74, 6) is -1.06. The second-order valence-corrected chi connectivity index (χ2v) is 5.61. The molecule has 0 saturated carbocycles. The summed E-state index contributed by atoms with van der Waals surface area (Å²) in [4.78, 5) is 36.0. The molecule has 0 aliphatic heterocycles. The van der Waals surface area contributed by atoms with Gasteiger partial charge in [-0.1, -0.05) is 23.2 Å². The summed E-state index contributed by atoms with van der Waals surface area (Å²) in [5, 5.41) is 5.79. The zero-order valence-corrected chi connectivity index (χ0v) is 14.0. The number of likely N-dealkylation sites (N-methyl/N-ethyl adjacent to an activating group) is 1. The lowest BCUT2D eigenvalue weighted by molar-refractivity contribution is -0.136. The molecule has 22 heavy (non-hydrogen) atoms. The zero-order valence-electron chi connectivity index (χ0n) is 12.4. The van der Waals surface area contributed by atoms with E-state index in [4.69, 9.17) is 23.2 Å². The number of amides is 3. The van der Waals surface area contributed by atoms with Crippen molar-refractivity contribution >= 4 is 46.6 Å². The van der Waals surface area contributed by atoms with E-state index in [0.29, 0.717) is 15.7 Å². The van der Waals surface area contributed by atoms with Crippen molar-refractivity contribution in [3.63, 3.8) is 0 Å². The third-order valence-electron chi connectivity index (χ3n) is 2.75. The Kier molecular flexibility index (Phi) is 6.64. The third kappa shape index (κ3) is 5.54. The monoisotopic (exact) mass is 345 g/mol. The summed E-state index contributed by atoms with van der Waals surface area (Å²) < 4.78 is 0. The Hall–Kier alpha value is -1.79. The van der Waals surface area contributed by atoms with Crippen LogP contribution in [0.4, 0.5) is 5.69 Å². The Morgan fingerprint density at radius 2 is 1.86 bits per heavy atom. The van der Waals surface area contributed by atoms with Gasteiger partial charge in [-0.3, -0.25) is 14.4 Å². The van der Waals surface area contributed by atoms with Gasteiger partial charge in [0.05, 0.1) is 16.6 Å². The first-order valence-electron chi connectivity index (χ1n) is 6.47. The van der Waals surface area contributed by atoms with Crippen LogP contribution in [0.2, 0.25) is 10.0 Å². The Morgan fingerprint density at radius 3 is 2.41 bits per heavy atom. The lowest BCUT2D eigenvalue weighted by atomic mass is 10.3. The molecule has 1 atom stereocenters. The molecule has 0 aromatic heterocycles. The van der Waals surface area contributed by atoms with Crippen LogP contribution in [-0.4, -0.2) is 42.3 Å². The summed E-state index contributed by atoms with van der Waals surface area (Å²) in [5.41, 5.74) is 0.482. The number of benzene rings is 1. The molecule has 0 fully saturated rings. The fourth-order valence-corrected chi connectivity index (χ4v) is 2.06. The molecule has 2 N–H and O–H groups in total. The molecule has 8 heteroatoms. The van der Waals surface area contributed by atoms with Crippen molar-refractivity contribution in [1.29, 1.82) is 0 Å². The molecule has 0 aliphatic carbocycles. The molecule has 1 aromatic carbocycles. The molecule has 1 aromatic rings. The zero-order chi connectivity index (χ0) is 16.9. The van der Waals surface area contributed by atoms with Crippen molar-refractivity contribution in [2.45, 2.75) is 19.9 Å². The maximum atomic E-state index is 12.0. The van der Waals surface area contributed by atoms with Crippen LogP contribution in [0.3, 0.4) is 0 Å². The van der Waals surface area contributed by atoms with Gasteiger partial charge in [0, 0.05) is 19.7 Å². The van der Waals surface area contributed by atoms with Crippen molar-refractivity contribution in [1.82, 2.24) is 10.2 Å². The highest BCUT2D eigenvalue weighted by molar-refractivity contribution is 6.42. The molecule has 0 bridgehead atoms. The summed E-state index contributed by atoms with van der Waals surface area (Å²) in [7, 11) is 1.48. The summed E-state index contributed by atoms with van der Waals surface area (Å²) >= 11 is 11.6.